The number of anilines is 1. The summed E-state index contributed by atoms with van der Waals surface area (Å²) in [7, 11) is 0. The number of nitrogens with zero attached hydrogens (tertiary/aromatic N) is 5. The SMILES string of the molecule is CC(Nc1cc([N+](=O)[O-])ccn1)c1nn[nH]n1. The fourth-order valence-electron chi connectivity index (χ4n) is 1.25. The zero-order valence-corrected chi connectivity index (χ0v) is 8.86. The minimum absolute atomic E-state index is 0.0252. The standard InChI is InChI=1S/C8H9N7O2/c1-5(8-11-13-14-12-8)10-7-4-6(15(16)17)2-3-9-7/h2-5H,1H3,(H,9,10)(H,11,12,13,14). The van der Waals surface area contributed by atoms with Crippen molar-refractivity contribution in [2.75, 3.05) is 5.32 Å². The Morgan fingerprint density at radius 2 is 2.41 bits per heavy atom. The van der Waals surface area contributed by atoms with Crippen molar-refractivity contribution in [2.45, 2.75) is 13.0 Å². The van der Waals surface area contributed by atoms with Gasteiger partial charge in [-0.3, -0.25) is 10.1 Å². The second-order valence-electron chi connectivity index (χ2n) is 3.29. The van der Waals surface area contributed by atoms with Crippen LogP contribution in [0.15, 0.2) is 18.3 Å². The van der Waals surface area contributed by atoms with E-state index >= 15 is 0 Å². The molecular formula is C8H9N7O2. The Bertz CT molecular complexity index is 512. The van der Waals surface area contributed by atoms with Crippen LogP contribution in [0.5, 0.6) is 0 Å². The maximum absolute atomic E-state index is 10.6. The summed E-state index contributed by atoms with van der Waals surface area (Å²) < 4.78 is 0. The highest BCUT2D eigenvalue weighted by atomic mass is 16.6. The van der Waals surface area contributed by atoms with Gasteiger partial charge in [0.15, 0.2) is 5.82 Å². The van der Waals surface area contributed by atoms with E-state index in [0.29, 0.717) is 11.6 Å². The average molecular weight is 235 g/mol. The molecule has 2 N–H and O–H groups in total. The highest BCUT2D eigenvalue weighted by molar-refractivity contribution is 5.45. The predicted octanol–water partition coefficient (Wildman–Crippen LogP) is 0.676. The van der Waals surface area contributed by atoms with Gasteiger partial charge in [0.2, 0.25) is 0 Å². The number of hydrogen-bond acceptors (Lipinski definition) is 7. The van der Waals surface area contributed by atoms with E-state index in [4.69, 9.17) is 0 Å². The monoisotopic (exact) mass is 235 g/mol. The van der Waals surface area contributed by atoms with Crippen LogP contribution in [-0.4, -0.2) is 30.5 Å². The Labute approximate surface area is 95.4 Å². The first-order valence-electron chi connectivity index (χ1n) is 4.77. The molecule has 1 unspecified atom stereocenters. The number of aromatic nitrogens is 5. The lowest BCUT2D eigenvalue weighted by Crippen LogP contribution is -2.09. The Morgan fingerprint density at radius 1 is 1.59 bits per heavy atom. The van der Waals surface area contributed by atoms with Crippen molar-refractivity contribution in [1.29, 1.82) is 0 Å². The van der Waals surface area contributed by atoms with Crippen LogP contribution < -0.4 is 5.32 Å². The fraction of sp³-hybridized carbons (Fsp3) is 0.250. The molecule has 9 nitrogen and oxygen atoms in total. The summed E-state index contributed by atoms with van der Waals surface area (Å²) in [5, 5.41) is 26.9. The van der Waals surface area contributed by atoms with Gasteiger partial charge in [-0.1, -0.05) is 5.21 Å². The quantitative estimate of drug-likeness (QED) is 0.589. The van der Waals surface area contributed by atoms with Gasteiger partial charge in [-0.2, -0.15) is 5.21 Å². The number of H-pyrrole nitrogens is 1. The summed E-state index contributed by atoms with van der Waals surface area (Å²) in [4.78, 5) is 14.1. The van der Waals surface area contributed by atoms with Gasteiger partial charge in [0, 0.05) is 12.3 Å². The maximum Gasteiger partial charge on any atom is 0.274 e. The Balaban J connectivity index is 2.13. The van der Waals surface area contributed by atoms with Crippen molar-refractivity contribution < 1.29 is 4.92 Å². The third-order valence-electron chi connectivity index (χ3n) is 2.07. The van der Waals surface area contributed by atoms with Gasteiger partial charge in [0.25, 0.3) is 5.69 Å². The minimum atomic E-state index is -0.480. The number of rotatable bonds is 4. The molecule has 0 saturated heterocycles. The third kappa shape index (κ3) is 2.51. The van der Waals surface area contributed by atoms with Gasteiger partial charge in [0.05, 0.1) is 17.0 Å². The Kier molecular flexibility index (Phi) is 2.90. The molecule has 0 aliphatic heterocycles. The van der Waals surface area contributed by atoms with Crippen molar-refractivity contribution in [3.8, 4) is 0 Å². The van der Waals surface area contributed by atoms with E-state index in [0.717, 1.165) is 0 Å². The second-order valence-corrected chi connectivity index (χ2v) is 3.29. The van der Waals surface area contributed by atoms with Crippen LogP contribution in [0.4, 0.5) is 11.5 Å². The minimum Gasteiger partial charge on any atom is -0.360 e. The molecule has 17 heavy (non-hydrogen) atoms. The van der Waals surface area contributed by atoms with Gasteiger partial charge in [-0.15, -0.1) is 10.2 Å². The molecule has 0 radical (unpaired) electrons. The van der Waals surface area contributed by atoms with Gasteiger partial charge >= 0.3 is 0 Å². The summed E-state index contributed by atoms with van der Waals surface area (Å²) in [6, 6.07) is 2.42. The molecule has 1 atom stereocenters. The number of aromatic amines is 1. The lowest BCUT2D eigenvalue weighted by Gasteiger charge is -2.09. The van der Waals surface area contributed by atoms with Crippen LogP contribution in [0.1, 0.15) is 18.8 Å². The smallest absolute Gasteiger partial charge is 0.274 e. The molecule has 0 aliphatic rings. The van der Waals surface area contributed by atoms with Crippen LogP contribution in [0, 0.1) is 10.1 Å². The van der Waals surface area contributed by atoms with Crippen LogP contribution in [0.2, 0.25) is 0 Å². The first-order chi connectivity index (χ1) is 8.16. The molecule has 0 saturated carbocycles. The molecule has 2 aromatic rings. The third-order valence-corrected chi connectivity index (χ3v) is 2.07. The van der Waals surface area contributed by atoms with E-state index in [-0.39, 0.29) is 11.7 Å². The number of tetrazole rings is 1. The van der Waals surface area contributed by atoms with Crippen molar-refractivity contribution in [1.82, 2.24) is 25.6 Å². The molecule has 0 aromatic carbocycles. The average Bonchev–Trinajstić information content (AvgIpc) is 2.82. The van der Waals surface area contributed by atoms with Crippen LogP contribution in [-0.2, 0) is 0 Å². The van der Waals surface area contributed by atoms with E-state index in [2.05, 4.69) is 30.9 Å². The van der Waals surface area contributed by atoms with E-state index < -0.39 is 4.92 Å². The van der Waals surface area contributed by atoms with Crippen LogP contribution in [0.25, 0.3) is 0 Å². The molecule has 0 spiro atoms. The first kappa shape index (κ1) is 10.9. The number of hydrogen-bond donors (Lipinski definition) is 2. The van der Waals surface area contributed by atoms with E-state index in [1.165, 1.54) is 18.3 Å². The van der Waals surface area contributed by atoms with E-state index in [1.54, 1.807) is 6.92 Å². The second kappa shape index (κ2) is 4.51. The van der Waals surface area contributed by atoms with Gasteiger partial charge in [0.1, 0.15) is 5.82 Å². The normalized spacial score (nSPS) is 12.1. The molecule has 0 aliphatic carbocycles. The molecule has 0 fully saturated rings. The summed E-state index contributed by atoms with van der Waals surface area (Å²) in [5.74, 6) is 0.842. The fourth-order valence-corrected chi connectivity index (χ4v) is 1.25. The van der Waals surface area contributed by atoms with Crippen molar-refractivity contribution in [2.24, 2.45) is 0 Å². The Morgan fingerprint density at radius 3 is 3.06 bits per heavy atom. The zero-order valence-electron chi connectivity index (χ0n) is 8.86. The van der Waals surface area contributed by atoms with Crippen LogP contribution in [0.3, 0.4) is 0 Å². The maximum atomic E-state index is 10.6. The van der Waals surface area contributed by atoms with Crippen molar-refractivity contribution in [3.63, 3.8) is 0 Å². The molecular weight excluding hydrogens is 226 g/mol. The van der Waals surface area contributed by atoms with Gasteiger partial charge < -0.3 is 5.32 Å². The van der Waals surface area contributed by atoms with Crippen molar-refractivity contribution in [3.05, 3.63) is 34.3 Å². The summed E-state index contributed by atoms with van der Waals surface area (Å²) in [6.45, 7) is 1.80. The van der Waals surface area contributed by atoms with Gasteiger partial charge in [-0.05, 0) is 6.92 Å². The molecule has 0 amide bonds. The molecule has 9 heteroatoms. The highest BCUT2D eigenvalue weighted by Gasteiger charge is 2.12. The Hall–Kier alpha value is -2.58. The van der Waals surface area contributed by atoms with Crippen LogP contribution >= 0.6 is 0 Å². The topological polar surface area (TPSA) is 123 Å². The predicted molar refractivity (Wildman–Crippen MR) is 57.1 cm³/mol. The van der Waals surface area contributed by atoms with Crippen molar-refractivity contribution >= 4 is 11.5 Å². The summed E-state index contributed by atoms with van der Waals surface area (Å²) in [5.41, 5.74) is -0.0252. The van der Waals surface area contributed by atoms with Gasteiger partial charge in [-0.25, -0.2) is 4.98 Å². The molecule has 2 aromatic heterocycles. The van der Waals surface area contributed by atoms with E-state index in [9.17, 15) is 10.1 Å². The number of pyridine rings is 1. The first-order valence-corrected chi connectivity index (χ1v) is 4.77. The molecule has 2 rings (SSSR count). The van der Waals surface area contributed by atoms with E-state index in [1.807, 2.05) is 0 Å². The number of nitro groups is 1. The summed E-state index contributed by atoms with van der Waals surface area (Å²) in [6.07, 6.45) is 1.36. The largest absolute Gasteiger partial charge is 0.360 e. The highest BCUT2D eigenvalue weighted by Crippen LogP contribution is 2.18. The summed E-state index contributed by atoms with van der Waals surface area (Å²) >= 11 is 0. The molecule has 2 heterocycles. The zero-order chi connectivity index (χ0) is 12.3. The number of nitrogens with one attached hydrogen (secondary N) is 2. The molecule has 0 bridgehead atoms. The lowest BCUT2D eigenvalue weighted by molar-refractivity contribution is -0.384. The lowest BCUT2D eigenvalue weighted by atomic mass is 10.3. The molecule has 88 valence electrons.